The molecule has 1 aliphatic heterocycles. The standard InChI is InChI=1S/C15H23NO2/c1-15(2,18-3)10-13(17)14-12-7-5-4-6-11(12)8-9-16-14/h4-7,13-14,16-17H,8-10H2,1-3H3. The quantitative estimate of drug-likeness (QED) is 0.858. The maximum absolute atomic E-state index is 10.4. The number of fused-ring (bicyclic) bond motifs is 1. The van der Waals surface area contributed by atoms with Crippen LogP contribution >= 0.6 is 0 Å². The molecule has 0 aliphatic carbocycles. The summed E-state index contributed by atoms with van der Waals surface area (Å²) in [7, 11) is 1.69. The topological polar surface area (TPSA) is 41.5 Å². The Bertz CT molecular complexity index is 403. The van der Waals surface area contributed by atoms with Gasteiger partial charge in [-0.2, -0.15) is 0 Å². The first-order valence-corrected chi connectivity index (χ1v) is 6.58. The number of nitrogens with one attached hydrogen (secondary N) is 1. The molecule has 2 N–H and O–H groups in total. The van der Waals surface area contributed by atoms with Crippen molar-refractivity contribution in [3.05, 3.63) is 35.4 Å². The Morgan fingerprint density at radius 2 is 2.17 bits per heavy atom. The first kappa shape index (κ1) is 13.5. The second kappa shape index (κ2) is 5.39. The summed E-state index contributed by atoms with van der Waals surface area (Å²) in [6.45, 7) is 4.93. The van der Waals surface area contributed by atoms with Crippen molar-refractivity contribution in [3.8, 4) is 0 Å². The van der Waals surface area contributed by atoms with Crippen molar-refractivity contribution >= 4 is 0 Å². The first-order valence-electron chi connectivity index (χ1n) is 6.58. The molecule has 2 rings (SSSR count). The molecule has 0 aromatic heterocycles. The molecule has 18 heavy (non-hydrogen) atoms. The van der Waals surface area contributed by atoms with E-state index in [2.05, 4.69) is 23.5 Å². The summed E-state index contributed by atoms with van der Waals surface area (Å²) in [5.74, 6) is 0. The SMILES string of the molecule is COC(C)(C)CC(O)C1NCCc2ccccc21. The first-order chi connectivity index (χ1) is 8.53. The van der Waals surface area contributed by atoms with E-state index in [1.807, 2.05) is 19.9 Å². The van der Waals surface area contributed by atoms with Gasteiger partial charge in [0.25, 0.3) is 0 Å². The summed E-state index contributed by atoms with van der Waals surface area (Å²) < 4.78 is 5.40. The third-order valence-corrected chi connectivity index (χ3v) is 3.79. The maximum atomic E-state index is 10.4. The van der Waals surface area contributed by atoms with Crippen LogP contribution in [0.2, 0.25) is 0 Å². The second-order valence-corrected chi connectivity index (χ2v) is 5.62. The zero-order valence-corrected chi connectivity index (χ0v) is 11.4. The van der Waals surface area contributed by atoms with Crippen LogP contribution in [0.4, 0.5) is 0 Å². The lowest BCUT2D eigenvalue weighted by Gasteiger charge is -2.34. The number of ether oxygens (including phenoxy) is 1. The van der Waals surface area contributed by atoms with Gasteiger partial charge in [0.05, 0.1) is 17.7 Å². The molecule has 0 saturated carbocycles. The van der Waals surface area contributed by atoms with E-state index >= 15 is 0 Å². The predicted molar refractivity (Wildman–Crippen MR) is 72.6 cm³/mol. The van der Waals surface area contributed by atoms with Crippen molar-refractivity contribution in [1.29, 1.82) is 0 Å². The summed E-state index contributed by atoms with van der Waals surface area (Å²) in [6.07, 6.45) is 1.23. The Morgan fingerprint density at radius 1 is 1.44 bits per heavy atom. The minimum Gasteiger partial charge on any atom is -0.391 e. The van der Waals surface area contributed by atoms with E-state index in [1.54, 1.807) is 7.11 Å². The molecular weight excluding hydrogens is 226 g/mol. The highest BCUT2D eigenvalue weighted by atomic mass is 16.5. The molecule has 1 aromatic rings. The van der Waals surface area contributed by atoms with E-state index < -0.39 is 6.10 Å². The molecule has 0 amide bonds. The molecule has 3 nitrogen and oxygen atoms in total. The molecule has 2 unspecified atom stereocenters. The smallest absolute Gasteiger partial charge is 0.0762 e. The number of aliphatic hydroxyl groups is 1. The molecule has 0 fully saturated rings. The average Bonchev–Trinajstić information content (AvgIpc) is 2.37. The largest absolute Gasteiger partial charge is 0.391 e. The van der Waals surface area contributed by atoms with Gasteiger partial charge < -0.3 is 15.2 Å². The van der Waals surface area contributed by atoms with Crippen molar-refractivity contribution in [3.63, 3.8) is 0 Å². The number of hydrogen-bond acceptors (Lipinski definition) is 3. The lowest BCUT2D eigenvalue weighted by molar-refractivity contribution is -0.0291. The van der Waals surface area contributed by atoms with Crippen LogP contribution in [0.1, 0.15) is 37.4 Å². The number of benzene rings is 1. The van der Waals surface area contributed by atoms with E-state index in [0.717, 1.165) is 13.0 Å². The summed E-state index contributed by atoms with van der Waals surface area (Å²) >= 11 is 0. The molecule has 0 bridgehead atoms. The van der Waals surface area contributed by atoms with Crippen LogP contribution in [0.25, 0.3) is 0 Å². The predicted octanol–water partition coefficient (Wildman–Crippen LogP) is 2.05. The fourth-order valence-corrected chi connectivity index (χ4v) is 2.59. The van der Waals surface area contributed by atoms with Gasteiger partial charge >= 0.3 is 0 Å². The molecule has 100 valence electrons. The van der Waals surface area contributed by atoms with Crippen LogP contribution in [-0.2, 0) is 11.2 Å². The molecule has 1 aromatic carbocycles. The van der Waals surface area contributed by atoms with Crippen molar-refractivity contribution in [2.24, 2.45) is 0 Å². The third kappa shape index (κ3) is 2.91. The van der Waals surface area contributed by atoms with E-state index in [4.69, 9.17) is 4.74 Å². The van der Waals surface area contributed by atoms with Gasteiger partial charge in [-0.15, -0.1) is 0 Å². The van der Waals surface area contributed by atoms with Crippen LogP contribution in [0.15, 0.2) is 24.3 Å². The second-order valence-electron chi connectivity index (χ2n) is 5.62. The van der Waals surface area contributed by atoms with Crippen molar-refractivity contribution in [1.82, 2.24) is 5.32 Å². The number of rotatable bonds is 4. The summed E-state index contributed by atoms with van der Waals surface area (Å²) in [6, 6.07) is 8.37. The highest BCUT2D eigenvalue weighted by Crippen LogP contribution is 2.29. The summed E-state index contributed by atoms with van der Waals surface area (Å²) in [5.41, 5.74) is 2.27. The van der Waals surface area contributed by atoms with Crippen molar-refractivity contribution in [2.75, 3.05) is 13.7 Å². The minimum atomic E-state index is -0.429. The maximum Gasteiger partial charge on any atom is 0.0762 e. The van der Waals surface area contributed by atoms with E-state index in [9.17, 15) is 5.11 Å². The lowest BCUT2D eigenvalue weighted by atomic mass is 9.87. The minimum absolute atomic E-state index is 0.0179. The van der Waals surface area contributed by atoms with Crippen molar-refractivity contribution in [2.45, 2.75) is 44.4 Å². The van der Waals surface area contributed by atoms with E-state index in [0.29, 0.717) is 6.42 Å². The molecule has 1 aliphatic rings. The number of methoxy groups -OCH3 is 1. The molecule has 0 radical (unpaired) electrons. The van der Waals surface area contributed by atoms with Gasteiger partial charge in [0.1, 0.15) is 0 Å². The van der Waals surface area contributed by atoms with Crippen LogP contribution in [0.3, 0.4) is 0 Å². The van der Waals surface area contributed by atoms with E-state index in [-0.39, 0.29) is 11.6 Å². The van der Waals surface area contributed by atoms with Crippen LogP contribution in [0, 0.1) is 0 Å². The normalized spacial score (nSPS) is 21.4. The zero-order chi connectivity index (χ0) is 13.2. The van der Waals surface area contributed by atoms with Gasteiger partial charge in [0, 0.05) is 13.5 Å². The Morgan fingerprint density at radius 3 is 2.89 bits per heavy atom. The molecule has 1 heterocycles. The fourth-order valence-electron chi connectivity index (χ4n) is 2.59. The molecule has 3 heteroatoms. The third-order valence-electron chi connectivity index (χ3n) is 3.79. The fraction of sp³-hybridized carbons (Fsp3) is 0.600. The van der Waals surface area contributed by atoms with Crippen LogP contribution in [0.5, 0.6) is 0 Å². The Hall–Kier alpha value is -0.900. The monoisotopic (exact) mass is 249 g/mol. The summed E-state index contributed by atoms with van der Waals surface area (Å²) in [4.78, 5) is 0. The number of aliphatic hydroxyl groups excluding tert-OH is 1. The molecule has 2 atom stereocenters. The van der Waals surface area contributed by atoms with Gasteiger partial charge in [-0.05, 0) is 37.9 Å². The van der Waals surface area contributed by atoms with Gasteiger partial charge in [-0.3, -0.25) is 0 Å². The van der Waals surface area contributed by atoms with E-state index in [1.165, 1.54) is 11.1 Å². The molecular formula is C15H23NO2. The van der Waals surface area contributed by atoms with Gasteiger partial charge in [0.2, 0.25) is 0 Å². The Kier molecular flexibility index (Phi) is 4.05. The Balaban J connectivity index is 2.15. The zero-order valence-electron chi connectivity index (χ0n) is 11.4. The van der Waals surface area contributed by atoms with Crippen LogP contribution < -0.4 is 5.32 Å². The van der Waals surface area contributed by atoms with Gasteiger partial charge in [0.15, 0.2) is 0 Å². The highest BCUT2D eigenvalue weighted by molar-refractivity contribution is 5.33. The highest BCUT2D eigenvalue weighted by Gasteiger charge is 2.30. The Labute approximate surface area is 109 Å². The number of hydrogen-bond donors (Lipinski definition) is 2. The average molecular weight is 249 g/mol. The van der Waals surface area contributed by atoms with Gasteiger partial charge in [-0.1, -0.05) is 24.3 Å². The van der Waals surface area contributed by atoms with Crippen LogP contribution in [-0.4, -0.2) is 30.5 Å². The lowest BCUT2D eigenvalue weighted by Crippen LogP contribution is -2.41. The van der Waals surface area contributed by atoms with Crippen molar-refractivity contribution < 1.29 is 9.84 Å². The molecule has 0 spiro atoms. The molecule has 0 saturated heterocycles. The summed E-state index contributed by atoms with van der Waals surface area (Å²) in [5, 5.41) is 13.9. The van der Waals surface area contributed by atoms with Gasteiger partial charge in [-0.25, -0.2) is 0 Å².